The maximum absolute atomic E-state index is 12.4. The van der Waals surface area contributed by atoms with Crippen molar-refractivity contribution >= 4 is 17.7 Å². The number of carboxylic acids is 1. The maximum Gasteiger partial charge on any atom is 0.323 e. The number of nitrogens with two attached hydrogens (primary N) is 1. The van der Waals surface area contributed by atoms with Crippen LogP contribution < -0.4 is 5.73 Å². The Morgan fingerprint density at radius 2 is 1.78 bits per heavy atom. The van der Waals surface area contributed by atoms with Gasteiger partial charge in [0.1, 0.15) is 12.4 Å². The summed E-state index contributed by atoms with van der Waals surface area (Å²) in [5.74, 6) is -0.678. The minimum atomic E-state index is -0.997. The number of hydrogen-bond acceptors (Lipinski definition) is 4. The van der Waals surface area contributed by atoms with Gasteiger partial charge in [0, 0.05) is 19.2 Å². The van der Waals surface area contributed by atoms with Crippen LogP contribution in [-0.4, -0.2) is 40.0 Å². The Hall–Kier alpha value is -2.89. The number of pyridine rings is 1. The van der Waals surface area contributed by atoms with Gasteiger partial charge in [0.05, 0.1) is 0 Å². The molecule has 0 saturated carbocycles. The molecule has 3 N–H and O–H groups in total. The molecule has 0 aliphatic rings. The lowest BCUT2D eigenvalue weighted by molar-refractivity contribution is -0.144. The molecule has 0 atom stereocenters. The molecular formula is C21H29N3O3. The topological polar surface area (TPSA) is 96.5 Å². The summed E-state index contributed by atoms with van der Waals surface area (Å²) in [6.07, 6.45) is 3.94. The fraction of sp³-hybridized carbons (Fsp3) is 0.381. The number of carbonyl (C=O) groups is 2. The predicted octanol–water partition coefficient (Wildman–Crippen LogP) is 3.17. The lowest BCUT2D eigenvalue weighted by Gasteiger charge is -2.21. The molecule has 0 radical (unpaired) electrons. The Balaban J connectivity index is 0.00000176. The van der Waals surface area contributed by atoms with E-state index >= 15 is 0 Å². The quantitative estimate of drug-likeness (QED) is 0.706. The molecule has 1 heterocycles. The standard InChI is InChI=1S/C19H23N3O3.C2H6/c20-17-13-16(9-11-21-17)7-4-8-18(23)22(14-19(24)25)12-10-15-5-2-1-3-6-15;1-2/h1-3,5-6,9,11,13H,4,7-8,10,12,14H2,(H2,20,21)(H,24,25);1-2H3. The van der Waals surface area contributed by atoms with Crippen molar-refractivity contribution in [2.24, 2.45) is 0 Å². The van der Waals surface area contributed by atoms with Crippen LogP contribution in [0.5, 0.6) is 0 Å². The van der Waals surface area contributed by atoms with E-state index in [4.69, 9.17) is 10.8 Å². The van der Waals surface area contributed by atoms with Gasteiger partial charge in [-0.1, -0.05) is 44.2 Å². The number of nitrogen functional groups attached to an aromatic ring is 1. The molecule has 2 aromatic rings. The summed E-state index contributed by atoms with van der Waals surface area (Å²) in [4.78, 5) is 28.8. The molecule has 0 unspecified atom stereocenters. The molecule has 1 aromatic carbocycles. The smallest absolute Gasteiger partial charge is 0.323 e. The van der Waals surface area contributed by atoms with Crippen LogP contribution in [0.3, 0.4) is 0 Å². The van der Waals surface area contributed by atoms with Gasteiger partial charge in [0.2, 0.25) is 5.91 Å². The molecular weight excluding hydrogens is 342 g/mol. The van der Waals surface area contributed by atoms with E-state index < -0.39 is 5.97 Å². The summed E-state index contributed by atoms with van der Waals surface area (Å²) in [6, 6.07) is 13.4. The molecule has 6 heteroatoms. The zero-order valence-corrected chi connectivity index (χ0v) is 16.1. The molecule has 1 amide bonds. The number of anilines is 1. The van der Waals surface area contributed by atoms with Crippen molar-refractivity contribution in [2.75, 3.05) is 18.8 Å². The van der Waals surface area contributed by atoms with Gasteiger partial charge in [-0.05, 0) is 42.5 Å². The van der Waals surface area contributed by atoms with Gasteiger partial charge in [-0.3, -0.25) is 9.59 Å². The van der Waals surface area contributed by atoms with Gasteiger partial charge < -0.3 is 15.7 Å². The highest BCUT2D eigenvalue weighted by Crippen LogP contribution is 2.09. The highest BCUT2D eigenvalue weighted by molar-refractivity contribution is 5.81. The van der Waals surface area contributed by atoms with E-state index in [-0.39, 0.29) is 12.5 Å². The zero-order chi connectivity index (χ0) is 20.1. The molecule has 0 bridgehead atoms. The number of benzene rings is 1. The molecule has 6 nitrogen and oxygen atoms in total. The first kappa shape index (κ1) is 22.2. The van der Waals surface area contributed by atoms with Crippen LogP contribution in [0.25, 0.3) is 0 Å². The molecule has 27 heavy (non-hydrogen) atoms. The van der Waals surface area contributed by atoms with E-state index in [0.29, 0.717) is 38.0 Å². The Bertz CT molecular complexity index is 705. The van der Waals surface area contributed by atoms with E-state index in [1.165, 1.54) is 4.90 Å². The monoisotopic (exact) mass is 371 g/mol. The third-order valence-electron chi connectivity index (χ3n) is 3.89. The van der Waals surface area contributed by atoms with Crippen molar-refractivity contribution in [3.63, 3.8) is 0 Å². The Morgan fingerprint density at radius 3 is 2.41 bits per heavy atom. The first-order valence-corrected chi connectivity index (χ1v) is 9.28. The second kappa shape index (κ2) is 12.5. The van der Waals surface area contributed by atoms with E-state index in [1.807, 2.05) is 50.2 Å². The number of carbonyl (C=O) groups excluding carboxylic acids is 1. The molecule has 0 saturated heterocycles. The fourth-order valence-electron chi connectivity index (χ4n) is 2.62. The molecule has 0 aliphatic carbocycles. The fourth-order valence-corrected chi connectivity index (χ4v) is 2.62. The summed E-state index contributed by atoms with van der Waals surface area (Å²) in [5, 5.41) is 9.05. The average molecular weight is 371 g/mol. The number of aryl methyl sites for hydroxylation is 1. The number of nitrogens with zero attached hydrogens (tertiary/aromatic N) is 2. The van der Waals surface area contributed by atoms with Crippen molar-refractivity contribution in [2.45, 2.75) is 39.5 Å². The Kier molecular flexibility index (Phi) is 10.2. The number of amides is 1. The van der Waals surface area contributed by atoms with Gasteiger partial charge in [-0.15, -0.1) is 0 Å². The number of aromatic nitrogens is 1. The second-order valence-electron chi connectivity index (χ2n) is 5.89. The number of aliphatic carboxylic acids is 1. The van der Waals surface area contributed by atoms with Crippen LogP contribution in [0.1, 0.15) is 37.8 Å². The zero-order valence-electron chi connectivity index (χ0n) is 16.1. The molecule has 2 rings (SSSR count). The van der Waals surface area contributed by atoms with E-state index in [1.54, 1.807) is 12.3 Å². The van der Waals surface area contributed by atoms with Crippen LogP contribution in [0, 0.1) is 0 Å². The van der Waals surface area contributed by atoms with Crippen LogP contribution >= 0.6 is 0 Å². The summed E-state index contributed by atoms with van der Waals surface area (Å²) >= 11 is 0. The van der Waals surface area contributed by atoms with Gasteiger partial charge in [-0.2, -0.15) is 0 Å². The van der Waals surface area contributed by atoms with Gasteiger partial charge in [0.15, 0.2) is 0 Å². The lowest BCUT2D eigenvalue weighted by atomic mass is 10.1. The van der Waals surface area contributed by atoms with Gasteiger partial charge >= 0.3 is 5.97 Å². The largest absolute Gasteiger partial charge is 0.480 e. The first-order valence-electron chi connectivity index (χ1n) is 9.28. The van der Waals surface area contributed by atoms with Crippen molar-refractivity contribution in [3.05, 3.63) is 59.8 Å². The van der Waals surface area contributed by atoms with Gasteiger partial charge in [0.25, 0.3) is 0 Å². The average Bonchev–Trinajstić information content (AvgIpc) is 2.67. The van der Waals surface area contributed by atoms with E-state index in [2.05, 4.69) is 4.98 Å². The molecule has 146 valence electrons. The normalized spacial score (nSPS) is 9.85. The molecule has 1 aromatic heterocycles. The van der Waals surface area contributed by atoms with Gasteiger partial charge in [-0.25, -0.2) is 4.98 Å². The summed E-state index contributed by atoms with van der Waals surface area (Å²) < 4.78 is 0. The minimum Gasteiger partial charge on any atom is -0.480 e. The second-order valence-corrected chi connectivity index (χ2v) is 5.89. The van der Waals surface area contributed by atoms with Crippen LogP contribution in [0.4, 0.5) is 5.82 Å². The number of carboxylic acid groups (broad SMARTS) is 1. The van der Waals surface area contributed by atoms with Crippen LogP contribution in [0.2, 0.25) is 0 Å². The van der Waals surface area contributed by atoms with E-state index in [9.17, 15) is 9.59 Å². The van der Waals surface area contributed by atoms with Crippen LogP contribution in [-0.2, 0) is 22.4 Å². The molecule has 0 spiro atoms. The Morgan fingerprint density at radius 1 is 1.07 bits per heavy atom. The Labute approximate surface area is 161 Å². The SMILES string of the molecule is CC.Nc1cc(CCCC(=O)N(CCc2ccccc2)CC(=O)O)ccn1. The third-order valence-corrected chi connectivity index (χ3v) is 3.89. The van der Waals surface area contributed by atoms with Crippen molar-refractivity contribution in [1.29, 1.82) is 0 Å². The summed E-state index contributed by atoms with van der Waals surface area (Å²) in [5.41, 5.74) is 7.74. The number of rotatable bonds is 9. The molecule has 0 aliphatic heterocycles. The lowest BCUT2D eigenvalue weighted by Crippen LogP contribution is -2.37. The molecule has 0 fully saturated rings. The maximum atomic E-state index is 12.4. The predicted molar refractivity (Wildman–Crippen MR) is 107 cm³/mol. The highest BCUT2D eigenvalue weighted by Gasteiger charge is 2.16. The summed E-state index contributed by atoms with van der Waals surface area (Å²) in [6.45, 7) is 4.13. The first-order chi connectivity index (χ1) is 13.0. The van der Waals surface area contributed by atoms with Crippen molar-refractivity contribution in [3.8, 4) is 0 Å². The van der Waals surface area contributed by atoms with Crippen LogP contribution in [0.15, 0.2) is 48.7 Å². The van der Waals surface area contributed by atoms with E-state index in [0.717, 1.165) is 11.1 Å². The minimum absolute atomic E-state index is 0.139. The third kappa shape index (κ3) is 8.85. The van der Waals surface area contributed by atoms with Crippen molar-refractivity contribution < 1.29 is 14.7 Å². The van der Waals surface area contributed by atoms with Crippen molar-refractivity contribution in [1.82, 2.24) is 9.88 Å². The highest BCUT2D eigenvalue weighted by atomic mass is 16.4. The summed E-state index contributed by atoms with van der Waals surface area (Å²) in [7, 11) is 0. The number of hydrogen-bond donors (Lipinski definition) is 2.